The maximum Gasteiger partial charge on any atom is 0.573 e. The number of likely N-dealkylation sites (N-methyl/N-ethyl adjacent to an activating group) is 1. The predicted molar refractivity (Wildman–Crippen MR) is 169 cm³/mol. The summed E-state index contributed by atoms with van der Waals surface area (Å²) in [6.45, 7) is 0. The van der Waals surface area contributed by atoms with Crippen LogP contribution in [0.1, 0.15) is 35.1 Å². The Hall–Kier alpha value is -4.89. The van der Waals surface area contributed by atoms with Crippen LogP contribution < -0.4 is 15.4 Å². The van der Waals surface area contributed by atoms with Crippen LogP contribution in [0.2, 0.25) is 0 Å². The number of primary amides is 1. The van der Waals surface area contributed by atoms with Crippen LogP contribution in [0.4, 0.5) is 18.9 Å². The van der Waals surface area contributed by atoms with E-state index >= 15 is 0 Å². The van der Waals surface area contributed by atoms with Gasteiger partial charge in [-0.25, -0.2) is 0 Å². The van der Waals surface area contributed by atoms with Crippen LogP contribution in [0, 0.1) is 11.8 Å². The number of hydrogen-bond acceptors (Lipinski definition) is 11. The number of anilines is 1. The van der Waals surface area contributed by atoms with Gasteiger partial charge < -0.3 is 35.8 Å². The maximum atomic E-state index is 14.1. The second-order valence-corrected chi connectivity index (χ2v) is 13.0. The van der Waals surface area contributed by atoms with Gasteiger partial charge in [0.05, 0.1) is 11.6 Å². The monoisotopic (exact) mass is 687 g/mol. The zero-order chi connectivity index (χ0) is 36.3. The fourth-order valence-electron chi connectivity index (χ4n) is 7.33. The van der Waals surface area contributed by atoms with Crippen molar-refractivity contribution in [1.82, 2.24) is 4.90 Å². The second kappa shape index (κ2) is 12.5. The van der Waals surface area contributed by atoms with Gasteiger partial charge in [0, 0.05) is 44.1 Å². The van der Waals surface area contributed by atoms with Gasteiger partial charge in [0.15, 0.2) is 11.4 Å². The molecule has 1 saturated carbocycles. The number of phenols is 1. The molecule has 0 saturated heterocycles. The van der Waals surface area contributed by atoms with Gasteiger partial charge in [-0.2, -0.15) is 0 Å². The Morgan fingerprint density at radius 1 is 1.06 bits per heavy atom. The topological polar surface area (TPSA) is 191 Å². The highest BCUT2D eigenvalue weighted by atomic mass is 19.4. The Balaban J connectivity index is 1.49. The third-order valence-corrected chi connectivity index (χ3v) is 9.49. The molecule has 1 fully saturated rings. The number of nitrogens with two attached hydrogens (primary N) is 1. The van der Waals surface area contributed by atoms with Crippen molar-refractivity contribution in [2.24, 2.45) is 17.6 Å². The number of amides is 1. The summed E-state index contributed by atoms with van der Waals surface area (Å²) >= 11 is 0. The lowest BCUT2D eigenvalue weighted by molar-refractivity contribution is -0.274. The van der Waals surface area contributed by atoms with Gasteiger partial charge in [-0.15, -0.1) is 13.2 Å². The highest BCUT2D eigenvalue weighted by Gasteiger charge is 2.64. The molecule has 0 aliphatic heterocycles. The number of aliphatic hydroxyl groups is 3. The van der Waals surface area contributed by atoms with E-state index in [1.807, 2.05) is 0 Å². The Morgan fingerprint density at radius 2 is 1.69 bits per heavy atom. The molecule has 0 unspecified atom stereocenters. The van der Waals surface area contributed by atoms with E-state index in [4.69, 9.17) is 5.73 Å². The number of halogens is 3. The number of alkyl halides is 3. The summed E-state index contributed by atoms with van der Waals surface area (Å²) in [6, 6.07) is 5.32. The molecule has 262 valence electrons. The standard InChI is InChI=1S/C34H36F3N3O9/c1-39(2)22-14-16(7-8-18(41)11-15-5-9-19(10-6-15)49-34(35,36)37)27(42)24-20(22)12-17-13-21-26(40(3)4)29(44)25(32(38)47)31(46)33(21,48)30(45)23(17)28(24)43/h5-6,9-10,14,17,21,26,42-43,46,48H,7-8,11-13H2,1-4H3,(H2,38,47)/t17-,21-,26-,33-/m1/s1. The molecule has 3 aliphatic rings. The number of aryl methyl sites for hydroxylation is 1. The zero-order valence-electron chi connectivity index (χ0n) is 27.1. The van der Waals surface area contributed by atoms with Crippen molar-refractivity contribution in [2.45, 2.75) is 50.1 Å². The molecule has 0 radical (unpaired) electrons. The first kappa shape index (κ1) is 35.4. The van der Waals surface area contributed by atoms with Crippen molar-refractivity contribution in [3.63, 3.8) is 0 Å². The van der Waals surface area contributed by atoms with Gasteiger partial charge in [0.25, 0.3) is 5.91 Å². The van der Waals surface area contributed by atoms with E-state index < -0.39 is 75.9 Å². The van der Waals surface area contributed by atoms with Crippen molar-refractivity contribution >= 4 is 34.7 Å². The molecule has 2 aromatic rings. The molecular formula is C34H36F3N3O9. The number of rotatable bonds is 9. The molecule has 0 aromatic heterocycles. The SMILES string of the molecule is CN(C)c1cc(CCC(=O)Cc2ccc(OC(F)(F)F)cc2)c(O)c2c1C[C@@H]1C[C@@H]3[C@@H](N(C)C)C(=O)C(C(N)=O)=C(O)[C@]3(O)C(=O)C1=C2O. The lowest BCUT2D eigenvalue weighted by Crippen LogP contribution is -2.65. The number of Topliss-reactive ketones (excluding diaryl/α,β-unsaturated/α-hetero) is 3. The Morgan fingerprint density at radius 3 is 2.24 bits per heavy atom. The number of carbonyl (C=O) groups is 4. The number of nitrogens with zero attached hydrogens (tertiary/aromatic N) is 2. The molecule has 5 rings (SSSR count). The van der Waals surface area contributed by atoms with E-state index in [9.17, 15) is 52.8 Å². The molecule has 0 heterocycles. The summed E-state index contributed by atoms with van der Waals surface area (Å²) in [4.78, 5) is 55.7. The Kier molecular flexibility index (Phi) is 9.06. The van der Waals surface area contributed by atoms with Crippen LogP contribution in [0.25, 0.3) is 5.76 Å². The third kappa shape index (κ3) is 6.12. The fourth-order valence-corrected chi connectivity index (χ4v) is 7.33. The smallest absolute Gasteiger partial charge is 0.508 e. The Bertz CT molecular complexity index is 1820. The molecule has 2 aromatic carbocycles. The van der Waals surface area contributed by atoms with E-state index in [0.717, 1.165) is 12.1 Å². The van der Waals surface area contributed by atoms with Crippen molar-refractivity contribution in [3.8, 4) is 11.5 Å². The molecule has 49 heavy (non-hydrogen) atoms. The van der Waals surface area contributed by atoms with Gasteiger partial charge in [0.2, 0.25) is 5.78 Å². The minimum atomic E-state index is -4.85. The van der Waals surface area contributed by atoms with Gasteiger partial charge in [-0.05, 0) is 74.2 Å². The van der Waals surface area contributed by atoms with E-state index in [1.165, 1.54) is 31.1 Å². The van der Waals surface area contributed by atoms with E-state index in [0.29, 0.717) is 16.8 Å². The summed E-state index contributed by atoms with van der Waals surface area (Å²) in [5.74, 6) is -8.22. The predicted octanol–water partition coefficient (Wildman–Crippen LogP) is 2.67. The highest BCUT2D eigenvalue weighted by molar-refractivity contribution is 6.24. The molecule has 12 nitrogen and oxygen atoms in total. The summed E-state index contributed by atoms with van der Waals surface area (Å²) in [5, 5.41) is 46.0. The fraction of sp³-hybridized carbons (Fsp3) is 0.412. The van der Waals surface area contributed by atoms with Crippen LogP contribution >= 0.6 is 0 Å². The number of hydrogen-bond donors (Lipinski definition) is 5. The number of aromatic hydroxyl groups is 1. The van der Waals surface area contributed by atoms with Crippen LogP contribution in [0.15, 0.2) is 47.2 Å². The first-order valence-corrected chi connectivity index (χ1v) is 15.3. The summed E-state index contributed by atoms with van der Waals surface area (Å²) in [5.41, 5.74) is 3.05. The highest BCUT2D eigenvalue weighted by Crippen LogP contribution is 2.54. The quantitative estimate of drug-likeness (QED) is 0.244. The molecule has 0 bridgehead atoms. The molecular weight excluding hydrogens is 651 g/mol. The third-order valence-electron chi connectivity index (χ3n) is 9.49. The Labute approximate surface area is 278 Å². The molecule has 4 atom stereocenters. The average Bonchev–Trinajstić information content (AvgIpc) is 2.98. The van der Waals surface area contributed by atoms with Crippen molar-refractivity contribution in [1.29, 1.82) is 0 Å². The first-order valence-electron chi connectivity index (χ1n) is 15.3. The van der Waals surface area contributed by atoms with Gasteiger partial charge in [-0.1, -0.05) is 12.1 Å². The lowest BCUT2D eigenvalue weighted by atomic mass is 9.57. The number of phenolic OH excluding ortho intramolecular Hbond substituents is 1. The summed E-state index contributed by atoms with van der Waals surface area (Å²) in [6.07, 6.45) is -5.00. The normalized spacial score (nSPS) is 23.7. The van der Waals surface area contributed by atoms with Crippen molar-refractivity contribution in [2.75, 3.05) is 33.1 Å². The number of ketones is 3. The summed E-state index contributed by atoms with van der Waals surface area (Å²) in [7, 11) is 6.49. The number of benzene rings is 2. The van der Waals surface area contributed by atoms with Crippen LogP contribution in [0.5, 0.6) is 11.5 Å². The minimum absolute atomic E-state index is 0.00181. The molecule has 3 aliphatic carbocycles. The van der Waals surface area contributed by atoms with Crippen LogP contribution in [-0.2, 0) is 38.4 Å². The number of ether oxygens (including phenoxy) is 1. The van der Waals surface area contributed by atoms with Gasteiger partial charge in [0.1, 0.15) is 34.4 Å². The van der Waals surface area contributed by atoms with Crippen LogP contribution in [0.3, 0.4) is 0 Å². The average molecular weight is 688 g/mol. The molecule has 15 heteroatoms. The minimum Gasteiger partial charge on any atom is -0.508 e. The largest absolute Gasteiger partial charge is 0.573 e. The van der Waals surface area contributed by atoms with Gasteiger partial charge >= 0.3 is 6.36 Å². The lowest BCUT2D eigenvalue weighted by Gasteiger charge is -2.50. The number of fused-ring (bicyclic) bond motifs is 3. The van der Waals surface area contributed by atoms with E-state index in [-0.39, 0.29) is 54.6 Å². The number of carbonyl (C=O) groups excluding carboxylic acids is 4. The maximum absolute atomic E-state index is 14.1. The second-order valence-electron chi connectivity index (χ2n) is 13.0. The van der Waals surface area contributed by atoms with Crippen molar-refractivity contribution in [3.05, 3.63) is 69.5 Å². The first-order chi connectivity index (χ1) is 22.8. The summed E-state index contributed by atoms with van der Waals surface area (Å²) < 4.78 is 41.2. The molecule has 6 N–H and O–H groups in total. The van der Waals surface area contributed by atoms with Crippen molar-refractivity contribution < 1.29 is 57.5 Å². The molecule has 1 amide bonds. The van der Waals surface area contributed by atoms with E-state index in [1.54, 1.807) is 25.1 Å². The number of aliphatic hydroxyl groups excluding tert-OH is 2. The van der Waals surface area contributed by atoms with E-state index in [2.05, 4.69) is 4.74 Å². The molecule has 0 spiro atoms. The van der Waals surface area contributed by atoms with Gasteiger partial charge in [-0.3, -0.25) is 24.1 Å². The zero-order valence-corrected chi connectivity index (χ0v) is 27.1. The van der Waals surface area contributed by atoms with Crippen LogP contribution in [-0.4, -0.2) is 94.8 Å².